The molecule has 0 amide bonds. The van der Waals surface area contributed by atoms with Crippen LogP contribution in [0, 0.1) is 0 Å². The van der Waals surface area contributed by atoms with Gasteiger partial charge in [-0.25, -0.2) is 0 Å². The van der Waals surface area contributed by atoms with Crippen LogP contribution < -0.4 is 4.74 Å². The van der Waals surface area contributed by atoms with Crippen LogP contribution in [0.25, 0.3) is 22.3 Å². The molecular weight excluding hydrogens is 556 g/mol. The van der Waals surface area contributed by atoms with E-state index in [0.29, 0.717) is 0 Å². The molecule has 9 rings (SSSR count). The molecule has 0 fully saturated rings. The topological polar surface area (TPSA) is 9.23 Å². The van der Waals surface area contributed by atoms with E-state index in [2.05, 4.69) is 183 Å². The van der Waals surface area contributed by atoms with Crippen molar-refractivity contribution in [2.24, 2.45) is 0 Å². The normalized spacial score (nSPS) is 16.8. The van der Waals surface area contributed by atoms with Crippen molar-refractivity contribution in [2.75, 3.05) is 0 Å². The van der Waals surface area contributed by atoms with Gasteiger partial charge in [-0.2, -0.15) is 0 Å². The second-order valence-corrected chi connectivity index (χ2v) is 12.6. The van der Waals surface area contributed by atoms with Crippen molar-refractivity contribution in [1.29, 1.82) is 0 Å². The molecule has 1 unspecified atom stereocenters. The van der Waals surface area contributed by atoms with Crippen LogP contribution in [-0.2, 0) is 10.8 Å². The molecule has 0 N–H and O–H groups in total. The van der Waals surface area contributed by atoms with Gasteiger partial charge in [0, 0.05) is 16.5 Å². The summed E-state index contributed by atoms with van der Waals surface area (Å²) in [5, 5.41) is 0. The third kappa shape index (κ3) is 3.63. The molecule has 1 aliphatic heterocycles. The molecule has 7 aromatic rings. The highest BCUT2D eigenvalue weighted by molar-refractivity contribution is 5.92. The molecule has 0 aromatic heterocycles. The van der Waals surface area contributed by atoms with Gasteiger partial charge in [-0.1, -0.05) is 164 Å². The summed E-state index contributed by atoms with van der Waals surface area (Å²) in [6, 6.07) is 63.9. The number of rotatable bonds is 4. The number of hydrogen-bond acceptors (Lipinski definition) is 1. The number of benzene rings is 7. The minimum absolute atomic E-state index is 0.351. The SMILES string of the molecule is CC1(c2ccccc2)c2ccccc2Oc2cc(-c3cccc4c3C(c3ccccc3)(c3ccccc3)c3ccccc3-4)ccc21. The summed E-state index contributed by atoms with van der Waals surface area (Å²) in [6.07, 6.45) is 0. The van der Waals surface area contributed by atoms with Gasteiger partial charge < -0.3 is 4.74 Å². The molecule has 1 nitrogen and oxygen atoms in total. The van der Waals surface area contributed by atoms with E-state index in [4.69, 9.17) is 4.74 Å². The minimum atomic E-state index is -0.479. The second kappa shape index (κ2) is 10.2. The van der Waals surface area contributed by atoms with Crippen molar-refractivity contribution < 1.29 is 4.74 Å². The summed E-state index contributed by atoms with van der Waals surface area (Å²) in [5.41, 5.74) is 12.9. The van der Waals surface area contributed by atoms with E-state index in [0.717, 1.165) is 17.1 Å². The number of fused-ring (bicyclic) bond motifs is 5. The molecule has 46 heavy (non-hydrogen) atoms. The van der Waals surface area contributed by atoms with Gasteiger partial charge in [0.25, 0.3) is 0 Å². The van der Waals surface area contributed by atoms with Crippen LogP contribution >= 0.6 is 0 Å². The summed E-state index contributed by atoms with van der Waals surface area (Å²) in [7, 11) is 0. The predicted molar refractivity (Wildman–Crippen MR) is 188 cm³/mol. The standard InChI is InChI=1S/C45H32O/c1-44(32-16-5-2-6-17-32)39-26-13-14-27-41(39)46-42-30-31(28-29-40(42)44)35-23-15-24-37-36-22-11-12-25-38(36)45(43(35)37,33-18-7-3-8-19-33)34-20-9-4-10-21-34/h2-30H,1H3. The summed E-state index contributed by atoms with van der Waals surface area (Å²) in [4.78, 5) is 0. The average Bonchev–Trinajstić information content (AvgIpc) is 3.44. The highest BCUT2D eigenvalue weighted by atomic mass is 16.5. The Kier molecular flexibility index (Phi) is 5.92. The lowest BCUT2D eigenvalue weighted by Gasteiger charge is -2.38. The molecule has 2 aliphatic rings. The Morgan fingerprint density at radius 2 is 0.913 bits per heavy atom. The Morgan fingerprint density at radius 3 is 1.61 bits per heavy atom. The summed E-state index contributed by atoms with van der Waals surface area (Å²) < 4.78 is 6.76. The smallest absolute Gasteiger partial charge is 0.132 e. The van der Waals surface area contributed by atoms with Crippen LogP contribution in [-0.4, -0.2) is 0 Å². The third-order valence-electron chi connectivity index (χ3n) is 10.3. The van der Waals surface area contributed by atoms with Crippen molar-refractivity contribution in [3.8, 4) is 33.8 Å². The van der Waals surface area contributed by atoms with Gasteiger partial charge in [0.1, 0.15) is 11.5 Å². The molecule has 0 spiro atoms. The Balaban J connectivity index is 1.32. The molecule has 1 heteroatoms. The first kappa shape index (κ1) is 26.7. The maximum Gasteiger partial charge on any atom is 0.132 e. The predicted octanol–water partition coefficient (Wildman–Crippen LogP) is 11.2. The lowest BCUT2D eigenvalue weighted by molar-refractivity contribution is 0.427. The van der Waals surface area contributed by atoms with Crippen LogP contribution in [0.1, 0.15) is 45.9 Å². The Morgan fingerprint density at radius 1 is 0.391 bits per heavy atom. The van der Waals surface area contributed by atoms with Gasteiger partial charge in [0.2, 0.25) is 0 Å². The quantitative estimate of drug-likeness (QED) is 0.199. The zero-order valence-corrected chi connectivity index (χ0v) is 25.7. The summed E-state index contributed by atoms with van der Waals surface area (Å²) in [5.74, 6) is 1.81. The fourth-order valence-electron chi connectivity index (χ4n) is 8.25. The number of ether oxygens (including phenoxy) is 1. The lowest BCUT2D eigenvalue weighted by atomic mass is 9.66. The third-order valence-corrected chi connectivity index (χ3v) is 10.3. The van der Waals surface area contributed by atoms with E-state index in [1.807, 2.05) is 0 Å². The first-order valence-corrected chi connectivity index (χ1v) is 16.0. The zero-order chi connectivity index (χ0) is 30.7. The molecule has 0 bridgehead atoms. The monoisotopic (exact) mass is 588 g/mol. The second-order valence-electron chi connectivity index (χ2n) is 12.6. The van der Waals surface area contributed by atoms with Gasteiger partial charge >= 0.3 is 0 Å². The molecule has 0 radical (unpaired) electrons. The van der Waals surface area contributed by atoms with Gasteiger partial charge in [0.15, 0.2) is 0 Å². The molecule has 1 heterocycles. The van der Waals surface area contributed by atoms with Gasteiger partial charge in [0.05, 0.1) is 5.41 Å². The first-order chi connectivity index (χ1) is 22.7. The lowest BCUT2D eigenvalue weighted by Crippen LogP contribution is -2.30. The minimum Gasteiger partial charge on any atom is -0.457 e. The highest BCUT2D eigenvalue weighted by Crippen LogP contribution is 2.59. The highest BCUT2D eigenvalue weighted by Gasteiger charge is 2.47. The molecule has 1 aliphatic carbocycles. The van der Waals surface area contributed by atoms with E-state index in [1.165, 1.54) is 55.6 Å². The van der Waals surface area contributed by atoms with Crippen molar-refractivity contribution >= 4 is 0 Å². The Bertz CT molecular complexity index is 2190. The molecule has 218 valence electrons. The fraction of sp³-hybridized carbons (Fsp3) is 0.0667. The summed E-state index contributed by atoms with van der Waals surface area (Å²) in [6.45, 7) is 2.33. The van der Waals surface area contributed by atoms with Crippen LogP contribution in [0.2, 0.25) is 0 Å². The van der Waals surface area contributed by atoms with E-state index in [1.54, 1.807) is 0 Å². The van der Waals surface area contributed by atoms with Gasteiger partial charge in [-0.05, 0) is 69.1 Å². The molecular formula is C45H32O. The van der Waals surface area contributed by atoms with Crippen LogP contribution in [0.3, 0.4) is 0 Å². The fourth-order valence-corrected chi connectivity index (χ4v) is 8.25. The van der Waals surface area contributed by atoms with E-state index in [9.17, 15) is 0 Å². The number of para-hydroxylation sites is 1. The molecule has 0 saturated heterocycles. The van der Waals surface area contributed by atoms with Crippen molar-refractivity contribution in [1.82, 2.24) is 0 Å². The van der Waals surface area contributed by atoms with E-state index < -0.39 is 5.41 Å². The zero-order valence-electron chi connectivity index (χ0n) is 25.7. The van der Waals surface area contributed by atoms with Crippen molar-refractivity contribution in [2.45, 2.75) is 17.8 Å². The van der Waals surface area contributed by atoms with Crippen LogP contribution in [0.15, 0.2) is 176 Å². The van der Waals surface area contributed by atoms with Crippen molar-refractivity contribution in [3.05, 3.63) is 215 Å². The van der Waals surface area contributed by atoms with E-state index in [-0.39, 0.29) is 5.41 Å². The average molecular weight is 589 g/mol. The summed E-state index contributed by atoms with van der Waals surface area (Å²) >= 11 is 0. The van der Waals surface area contributed by atoms with Gasteiger partial charge in [-0.3, -0.25) is 0 Å². The number of hydrogen-bond donors (Lipinski definition) is 0. The molecule has 0 saturated carbocycles. The Labute approximate surface area is 270 Å². The molecule has 7 aromatic carbocycles. The Hall–Kier alpha value is -5.66. The molecule has 1 atom stereocenters. The maximum absolute atomic E-state index is 6.76. The maximum atomic E-state index is 6.76. The van der Waals surface area contributed by atoms with Crippen LogP contribution in [0.5, 0.6) is 11.5 Å². The van der Waals surface area contributed by atoms with Crippen LogP contribution in [0.4, 0.5) is 0 Å². The van der Waals surface area contributed by atoms with E-state index >= 15 is 0 Å². The van der Waals surface area contributed by atoms with Crippen molar-refractivity contribution in [3.63, 3.8) is 0 Å². The largest absolute Gasteiger partial charge is 0.457 e. The van der Waals surface area contributed by atoms with Gasteiger partial charge in [-0.15, -0.1) is 0 Å². The first-order valence-electron chi connectivity index (χ1n) is 16.0.